The van der Waals surface area contributed by atoms with E-state index in [1.807, 2.05) is 24.0 Å². The number of nitrogens with zero attached hydrogens (tertiary/aromatic N) is 3. The molecular weight excluding hydrogens is 462 g/mol. The van der Waals surface area contributed by atoms with E-state index in [0.29, 0.717) is 37.6 Å². The Morgan fingerprint density at radius 1 is 1.29 bits per heavy atom. The second-order valence-corrected chi connectivity index (χ2v) is 9.80. The lowest BCUT2D eigenvalue weighted by atomic mass is 9.92. The van der Waals surface area contributed by atoms with Crippen molar-refractivity contribution in [2.75, 3.05) is 37.8 Å². The molecule has 3 N–H and O–H groups in total. The molecule has 0 radical (unpaired) electrons. The fourth-order valence-electron chi connectivity index (χ4n) is 4.24. The Morgan fingerprint density at radius 3 is 2.54 bits per heavy atom. The first-order valence-electron chi connectivity index (χ1n) is 12.1. The average Bonchev–Trinajstić information content (AvgIpc) is 3.33. The van der Waals surface area contributed by atoms with Crippen molar-refractivity contribution in [3.05, 3.63) is 29.2 Å². The number of carbonyl (C=O) groups excluding carboxylic acids is 1. The molecule has 2 aliphatic rings. The Labute approximate surface area is 204 Å². The number of hydrogen-bond donors (Lipinski definition) is 3. The SMILES string of the molecule is CC1=CC(OCCCC2CCN(c3noc(C(C)(F)F)n3)CC2)CC=C1C(=O)NC(C)(CO)CO. The normalized spacial score (nSPS) is 20.0. The van der Waals surface area contributed by atoms with Gasteiger partial charge in [-0.15, -0.1) is 0 Å². The minimum absolute atomic E-state index is 0.0976. The Kier molecular flexibility index (Phi) is 9.00. The van der Waals surface area contributed by atoms with Gasteiger partial charge in [0.2, 0.25) is 0 Å². The Bertz CT molecular complexity index is 915. The first kappa shape index (κ1) is 27.2. The van der Waals surface area contributed by atoms with E-state index in [9.17, 15) is 23.8 Å². The molecule has 3 rings (SSSR count). The molecule has 1 unspecified atom stereocenters. The maximum atomic E-state index is 13.3. The summed E-state index contributed by atoms with van der Waals surface area (Å²) in [7, 11) is 0. The van der Waals surface area contributed by atoms with Crippen molar-refractivity contribution < 1.29 is 33.0 Å². The summed E-state index contributed by atoms with van der Waals surface area (Å²) in [5.41, 5.74) is 0.260. The molecule has 11 heteroatoms. The number of ether oxygens (including phenoxy) is 1. The van der Waals surface area contributed by atoms with Crippen molar-refractivity contribution in [1.82, 2.24) is 15.5 Å². The van der Waals surface area contributed by atoms with E-state index in [1.165, 1.54) is 0 Å². The van der Waals surface area contributed by atoms with Gasteiger partial charge in [0.25, 0.3) is 17.7 Å². The standard InChI is InChI=1S/C24H36F2N4O5/c1-16-13-18(6-7-19(16)20(33)28-23(2,14-31)15-32)34-12-4-5-17-8-10-30(11-9-17)22-27-21(35-29-22)24(3,25)26/h7,13,17-18,31-32H,4-6,8-12,14-15H2,1-3H3,(H,28,33). The van der Waals surface area contributed by atoms with Crippen LogP contribution in [0, 0.1) is 5.92 Å². The van der Waals surface area contributed by atoms with Crippen LogP contribution in [-0.4, -0.2) is 70.8 Å². The summed E-state index contributed by atoms with van der Waals surface area (Å²) >= 11 is 0. The van der Waals surface area contributed by atoms with Gasteiger partial charge in [0, 0.05) is 32.2 Å². The van der Waals surface area contributed by atoms with Crippen LogP contribution < -0.4 is 10.2 Å². The van der Waals surface area contributed by atoms with Gasteiger partial charge in [-0.1, -0.05) is 12.2 Å². The van der Waals surface area contributed by atoms with Crippen LogP contribution in [0.1, 0.15) is 58.8 Å². The number of halogens is 2. The number of alkyl halides is 2. The molecule has 0 saturated carbocycles. The van der Waals surface area contributed by atoms with E-state index in [4.69, 9.17) is 4.74 Å². The molecule has 0 spiro atoms. The number of nitrogens with one attached hydrogen (secondary N) is 1. The second-order valence-electron chi connectivity index (χ2n) is 9.80. The molecule has 196 valence electrons. The highest BCUT2D eigenvalue weighted by molar-refractivity contribution is 5.98. The lowest BCUT2D eigenvalue weighted by Crippen LogP contribution is -2.52. The highest BCUT2D eigenvalue weighted by atomic mass is 19.3. The quantitative estimate of drug-likeness (QED) is 0.398. The fraction of sp³-hybridized carbons (Fsp3) is 0.708. The third kappa shape index (κ3) is 7.31. The van der Waals surface area contributed by atoms with Crippen LogP contribution in [0.15, 0.2) is 27.8 Å². The molecule has 2 heterocycles. The Balaban J connectivity index is 1.35. The minimum Gasteiger partial charge on any atom is -0.394 e. The number of aliphatic hydroxyl groups is 2. The number of carbonyl (C=O) groups is 1. The van der Waals surface area contributed by atoms with E-state index >= 15 is 0 Å². The number of aliphatic hydroxyl groups excluding tert-OH is 2. The molecule has 1 amide bonds. The van der Waals surface area contributed by atoms with E-state index in [2.05, 4.69) is 20.0 Å². The van der Waals surface area contributed by atoms with E-state index in [1.54, 1.807) is 6.92 Å². The first-order chi connectivity index (χ1) is 16.5. The predicted octanol–water partition coefficient (Wildman–Crippen LogP) is 2.70. The fourth-order valence-corrected chi connectivity index (χ4v) is 4.24. The van der Waals surface area contributed by atoms with Gasteiger partial charge < -0.3 is 29.7 Å². The summed E-state index contributed by atoms with van der Waals surface area (Å²) in [6, 6.07) is 0. The van der Waals surface area contributed by atoms with Gasteiger partial charge in [0.05, 0.1) is 24.9 Å². The topological polar surface area (TPSA) is 121 Å². The van der Waals surface area contributed by atoms with Crippen LogP contribution in [0.3, 0.4) is 0 Å². The highest BCUT2D eigenvalue weighted by Crippen LogP contribution is 2.29. The maximum absolute atomic E-state index is 13.3. The van der Waals surface area contributed by atoms with E-state index in [-0.39, 0.29) is 31.2 Å². The van der Waals surface area contributed by atoms with Crippen LogP contribution in [0.4, 0.5) is 14.7 Å². The molecule has 35 heavy (non-hydrogen) atoms. The van der Waals surface area contributed by atoms with E-state index < -0.39 is 17.4 Å². The van der Waals surface area contributed by atoms with Crippen molar-refractivity contribution in [2.45, 2.75) is 70.4 Å². The Morgan fingerprint density at radius 2 is 1.97 bits per heavy atom. The summed E-state index contributed by atoms with van der Waals surface area (Å²) in [5.74, 6) is -3.37. The molecule has 1 saturated heterocycles. The molecule has 1 fully saturated rings. The summed E-state index contributed by atoms with van der Waals surface area (Å²) in [6.45, 7) is 5.46. The van der Waals surface area contributed by atoms with Crippen molar-refractivity contribution in [3.63, 3.8) is 0 Å². The van der Waals surface area contributed by atoms with Gasteiger partial charge >= 0.3 is 5.92 Å². The minimum atomic E-state index is -3.14. The summed E-state index contributed by atoms with van der Waals surface area (Å²) in [4.78, 5) is 18.2. The molecule has 0 aromatic carbocycles. The average molecular weight is 499 g/mol. The molecule has 0 bridgehead atoms. The van der Waals surface area contributed by atoms with Crippen molar-refractivity contribution in [3.8, 4) is 0 Å². The molecule has 1 atom stereocenters. The number of hydrogen-bond acceptors (Lipinski definition) is 8. The summed E-state index contributed by atoms with van der Waals surface area (Å²) < 4.78 is 37.3. The molecule has 9 nitrogen and oxygen atoms in total. The largest absolute Gasteiger partial charge is 0.394 e. The maximum Gasteiger partial charge on any atom is 0.322 e. The zero-order chi connectivity index (χ0) is 25.6. The van der Waals surface area contributed by atoms with Gasteiger partial charge in [0.15, 0.2) is 0 Å². The third-order valence-electron chi connectivity index (χ3n) is 6.55. The third-order valence-corrected chi connectivity index (χ3v) is 6.55. The summed E-state index contributed by atoms with van der Waals surface area (Å²) in [5, 5.41) is 25.1. The lowest BCUT2D eigenvalue weighted by Gasteiger charge is -2.31. The highest BCUT2D eigenvalue weighted by Gasteiger charge is 2.33. The molecule has 1 aliphatic heterocycles. The van der Waals surface area contributed by atoms with Gasteiger partial charge in [0.1, 0.15) is 0 Å². The zero-order valence-electron chi connectivity index (χ0n) is 20.6. The van der Waals surface area contributed by atoms with Crippen molar-refractivity contribution >= 4 is 11.9 Å². The van der Waals surface area contributed by atoms with Crippen LogP contribution in [0.5, 0.6) is 0 Å². The number of rotatable bonds is 11. The number of anilines is 1. The first-order valence-corrected chi connectivity index (χ1v) is 12.1. The van der Waals surface area contributed by atoms with Gasteiger partial charge in [-0.05, 0) is 62.6 Å². The van der Waals surface area contributed by atoms with Crippen molar-refractivity contribution in [1.29, 1.82) is 0 Å². The smallest absolute Gasteiger partial charge is 0.322 e. The summed E-state index contributed by atoms with van der Waals surface area (Å²) in [6.07, 6.45) is 8.02. The van der Waals surface area contributed by atoms with E-state index in [0.717, 1.165) is 38.2 Å². The van der Waals surface area contributed by atoms with Crippen LogP contribution in [0.2, 0.25) is 0 Å². The monoisotopic (exact) mass is 498 g/mol. The van der Waals surface area contributed by atoms with Crippen molar-refractivity contribution in [2.24, 2.45) is 5.92 Å². The van der Waals surface area contributed by atoms with Gasteiger partial charge in [-0.2, -0.15) is 13.8 Å². The predicted molar refractivity (Wildman–Crippen MR) is 125 cm³/mol. The number of piperidine rings is 1. The lowest BCUT2D eigenvalue weighted by molar-refractivity contribution is -0.120. The van der Waals surface area contributed by atoms with Crippen LogP contribution in [-0.2, 0) is 15.5 Å². The molecule has 1 aromatic heterocycles. The Hall–Kier alpha value is -2.37. The molecule has 1 aliphatic carbocycles. The van der Waals surface area contributed by atoms with Gasteiger partial charge in [-0.25, -0.2) is 0 Å². The van der Waals surface area contributed by atoms with Gasteiger partial charge in [-0.3, -0.25) is 4.79 Å². The number of aromatic nitrogens is 2. The molecule has 1 aromatic rings. The van der Waals surface area contributed by atoms with Crippen LogP contribution in [0.25, 0.3) is 0 Å². The zero-order valence-corrected chi connectivity index (χ0v) is 20.6. The number of amides is 1. The molecular formula is C24H36F2N4O5. The second kappa shape index (κ2) is 11.6. The van der Waals surface area contributed by atoms with Crippen LogP contribution >= 0.6 is 0 Å².